The number of benzene rings is 1. The van der Waals surface area contributed by atoms with Gasteiger partial charge in [0.15, 0.2) is 5.69 Å². The Balaban J connectivity index is 3.14. The first kappa shape index (κ1) is 10.5. The lowest BCUT2D eigenvalue weighted by Gasteiger charge is -2.12. The smallest absolute Gasteiger partial charge is 0.193 e. The van der Waals surface area contributed by atoms with Crippen molar-refractivity contribution in [2.45, 2.75) is 20.0 Å². The molecule has 1 atom stereocenters. The van der Waals surface area contributed by atoms with Gasteiger partial charge in [0.05, 0.1) is 12.7 Å². The number of aliphatic hydroxyl groups excluding tert-OH is 1. The highest BCUT2D eigenvalue weighted by molar-refractivity contribution is 5.54. The first-order valence-corrected chi connectivity index (χ1v) is 4.48. The van der Waals surface area contributed by atoms with Crippen molar-refractivity contribution < 1.29 is 5.11 Å². The van der Waals surface area contributed by atoms with E-state index in [9.17, 15) is 5.11 Å². The number of aliphatic hydroxyl groups is 1. The molecule has 0 aromatic heterocycles. The van der Waals surface area contributed by atoms with E-state index in [0.717, 1.165) is 5.57 Å². The molecule has 0 radical (unpaired) electrons. The Morgan fingerprint density at radius 2 is 2.14 bits per heavy atom. The molecule has 0 spiro atoms. The monoisotopic (exact) mass is 187 g/mol. The van der Waals surface area contributed by atoms with E-state index in [1.54, 1.807) is 18.2 Å². The predicted octanol–water partition coefficient (Wildman–Crippen LogP) is 3.24. The van der Waals surface area contributed by atoms with Crippen LogP contribution in [-0.2, 0) is 0 Å². The van der Waals surface area contributed by atoms with E-state index in [1.807, 2.05) is 26.0 Å². The fourth-order valence-electron chi connectivity index (χ4n) is 1.22. The van der Waals surface area contributed by atoms with Gasteiger partial charge in [0.2, 0.25) is 0 Å². The van der Waals surface area contributed by atoms with Gasteiger partial charge in [-0.15, -0.1) is 0 Å². The second kappa shape index (κ2) is 4.59. The van der Waals surface area contributed by atoms with Crippen molar-refractivity contribution in [2.75, 3.05) is 0 Å². The lowest BCUT2D eigenvalue weighted by atomic mass is 10.0. The third kappa shape index (κ3) is 2.01. The van der Waals surface area contributed by atoms with Gasteiger partial charge in [-0.25, -0.2) is 4.85 Å². The Morgan fingerprint density at radius 3 is 2.71 bits per heavy atom. The normalized spacial score (nSPS) is 13.4. The van der Waals surface area contributed by atoms with Crippen LogP contribution in [0.2, 0.25) is 0 Å². The van der Waals surface area contributed by atoms with E-state index < -0.39 is 6.10 Å². The number of hydrogen-bond acceptors (Lipinski definition) is 1. The van der Waals surface area contributed by atoms with Crippen LogP contribution in [0.3, 0.4) is 0 Å². The largest absolute Gasteiger partial charge is 0.385 e. The fourth-order valence-corrected chi connectivity index (χ4v) is 1.22. The summed E-state index contributed by atoms with van der Waals surface area (Å²) in [6.07, 6.45) is 1.19. The zero-order valence-corrected chi connectivity index (χ0v) is 8.36. The van der Waals surface area contributed by atoms with E-state index in [0.29, 0.717) is 11.3 Å². The minimum atomic E-state index is -0.662. The molecule has 0 aliphatic heterocycles. The van der Waals surface area contributed by atoms with Crippen LogP contribution in [0.4, 0.5) is 5.69 Å². The molecule has 0 saturated carbocycles. The van der Waals surface area contributed by atoms with Crippen molar-refractivity contribution in [3.05, 3.63) is 52.9 Å². The molecule has 1 rings (SSSR count). The van der Waals surface area contributed by atoms with Gasteiger partial charge in [-0.3, -0.25) is 0 Å². The molecule has 0 amide bonds. The maximum absolute atomic E-state index is 9.89. The summed E-state index contributed by atoms with van der Waals surface area (Å²) in [5, 5.41) is 9.89. The van der Waals surface area contributed by atoms with Crippen molar-refractivity contribution in [2.24, 2.45) is 0 Å². The quantitative estimate of drug-likeness (QED) is 0.558. The molecule has 1 unspecified atom stereocenters. The molecule has 1 aromatic carbocycles. The lowest BCUT2D eigenvalue weighted by molar-refractivity contribution is 0.216. The highest BCUT2D eigenvalue weighted by Crippen LogP contribution is 2.29. The zero-order valence-electron chi connectivity index (χ0n) is 8.36. The molecule has 1 N–H and O–H groups in total. The number of para-hydroxylation sites is 1. The molecule has 2 heteroatoms. The van der Waals surface area contributed by atoms with E-state index in [4.69, 9.17) is 6.57 Å². The van der Waals surface area contributed by atoms with Gasteiger partial charge in [-0.1, -0.05) is 30.3 Å². The summed E-state index contributed by atoms with van der Waals surface area (Å²) in [6, 6.07) is 7.13. The summed E-state index contributed by atoms with van der Waals surface area (Å²) in [5.74, 6) is 0. The van der Waals surface area contributed by atoms with Crippen LogP contribution >= 0.6 is 0 Å². The van der Waals surface area contributed by atoms with Crippen molar-refractivity contribution in [1.29, 1.82) is 0 Å². The van der Waals surface area contributed by atoms with E-state index in [2.05, 4.69) is 4.85 Å². The Kier molecular flexibility index (Phi) is 3.44. The van der Waals surface area contributed by atoms with Crippen molar-refractivity contribution >= 4 is 5.69 Å². The second-order valence-electron chi connectivity index (χ2n) is 3.11. The fraction of sp³-hybridized carbons (Fsp3) is 0.250. The molecule has 0 heterocycles. The van der Waals surface area contributed by atoms with Crippen LogP contribution in [0.15, 0.2) is 35.9 Å². The summed E-state index contributed by atoms with van der Waals surface area (Å²) >= 11 is 0. The average Bonchev–Trinajstić information content (AvgIpc) is 2.26. The van der Waals surface area contributed by atoms with Gasteiger partial charge in [-0.05, 0) is 25.0 Å². The number of nitrogens with zero attached hydrogens (tertiary/aromatic N) is 1. The van der Waals surface area contributed by atoms with Gasteiger partial charge in [-0.2, -0.15) is 0 Å². The molecule has 0 aliphatic rings. The predicted molar refractivity (Wildman–Crippen MR) is 57.1 cm³/mol. The number of hydrogen-bond donors (Lipinski definition) is 1. The SMILES string of the molecule is [C-]#[N+]c1ccccc1C(O)/C(C)=C/C. The molecule has 0 saturated heterocycles. The molecule has 14 heavy (non-hydrogen) atoms. The lowest BCUT2D eigenvalue weighted by Crippen LogP contribution is -1.98. The first-order valence-electron chi connectivity index (χ1n) is 4.48. The van der Waals surface area contributed by atoms with Crippen LogP contribution in [0.1, 0.15) is 25.5 Å². The Morgan fingerprint density at radius 1 is 1.50 bits per heavy atom. The van der Waals surface area contributed by atoms with Gasteiger partial charge in [0, 0.05) is 0 Å². The molecule has 72 valence electrons. The summed E-state index contributed by atoms with van der Waals surface area (Å²) in [7, 11) is 0. The standard InChI is InChI=1S/C12H13NO/c1-4-9(2)12(14)10-7-5-6-8-11(10)13-3/h4-8,12,14H,1-2H3/b9-4+. The van der Waals surface area contributed by atoms with Crippen LogP contribution in [0, 0.1) is 6.57 Å². The minimum Gasteiger partial charge on any atom is -0.385 e. The van der Waals surface area contributed by atoms with Gasteiger partial charge in [0.25, 0.3) is 0 Å². The summed E-state index contributed by atoms with van der Waals surface area (Å²) < 4.78 is 0. The Hall–Kier alpha value is -1.59. The summed E-state index contributed by atoms with van der Waals surface area (Å²) in [6.45, 7) is 10.7. The van der Waals surface area contributed by atoms with E-state index in [1.165, 1.54) is 0 Å². The van der Waals surface area contributed by atoms with E-state index in [-0.39, 0.29) is 0 Å². The average molecular weight is 187 g/mol. The van der Waals surface area contributed by atoms with Crippen LogP contribution in [0.25, 0.3) is 4.85 Å². The molecule has 1 aromatic rings. The third-order valence-electron chi connectivity index (χ3n) is 2.24. The van der Waals surface area contributed by atoms with Gasteiger partial charge >= 0.3 is 0 Å². The highest BCUT2D eigenvalue weighted by Gasteiger charge is 2.12. The topological polar surface area (TPSA) is 24.6 Å². The zero-order chi connectivity index (χ0) is 10.6. The maximum Gasteiger partial charge on any atom is 0.193 e. The van der Waals surface area contributed by atoms with Crippen LogP contribution in [0.5, 0.6) is 0 Å². The first-order chi connectivity index (χ1) is 6.70. The summed E-state index contributed by atoms with van der Waals surface area (Å²) in [5.41, 5.74) is 2.06. The van der Waals surface area contributed by atoms with Crippen molar-refractivity contribution in [3.8, 4) is 0 Å². The Bertz CT molecular complexity index is 388. The molecule has 0 fully saturated rings. The minimum absolute atomic E-state index is 0.515. The summed E-state index contributed by atoms with van der Waals surface area (Å²) in [4.78, 5) is 3.37. The van der Waals surface area contributed by atoms with E-state index >= 15 is 0 Å². The molecule has 0 bridgehead atoms. The van der Waals surface area contributed by atoms with Gasteiger partial charge < -0.3 is 5.11 Å². The molecular formula is C12H13NO. The molecule has 2 nitrogen and oxygen atoms in total. The number of allylic oxidation sites excluding steroid dienone is 1. The van der Waals surface area contributed by atoms with Gasteiger partial charge in [0.1, 0.15) is 0 Å². The highest BCUT2D eigenvalue weighted by atomic mass is 16.3. The maximum atomic E-state index is 9.89. The number of rotatable bonds is 2. The molecule has 0 aliphatic carbocycles. The third-order valence-corrected chi connectivity index (χ3v) is 2.24. The Labute approximate surface area is 84.3 Å². The van der Waals surface area contributed by atoms with Crippen molar-refractivity contribution in [3.63, 3.8) is 0 Å². The van der Waals surface area contributed by atoms with Crippen molar-refractivity contribution in [1.82, 2.24) is 0 Å². The van der Waals surface area contributed by atoms with Crippen LogP contribution in [-0.4, -0.2) is 5.11 Å². The second-order valence-corrected chi connectivity index (χ2v) is 3.11. The van der Waals surface area contributed by atoms with Crippen LogP contribution < -0.4 is 0 Å². The molecular weight excluding hydrogens is 174 g/mol.